The fraction of sp³-hybridized carbons (Fsp3) is 0.435. The van der Waals surface area contributed by atoms with Gasteiger partial charge in [-0.1, -0.05) is 25.1 Å². The third-order valence-electron chi connectivity index (χ3n) is 5.15. The molecule has 10 heteroatoms. The Morgan fingerprint density at radius 3 is 2.15 bits per heavy atom. The summed E-state index contributed by atoms with van der Waals surface area (Å²) in [6.07, 6.45) is -9.08. The van der Waals surface area contributed by atoms with Crippen LogP contribution in [0.25, 0.3) is 0 Å². The van der Waals surface area contributed by atoms with Gasteiger partial charge < -0.3 is 15.4 Å². The van der Waals surface area contributed by atoms with E-state index in [1.54, 1.807) is 19.1 Å². The van der Waals surface area contributed by atoms with Crippen molar-refractivity contribution in [2.24, 2.45) is 5.92 Å². The van der Waals surface area contributed by atoms with Crippen molar-refractivity contribution in [2.75, 3.05) is 6.54 Å². The Bertz CT molecular complexity index is 930. The van der Waals surface area contributed by atoms with Gasteiger partial charge in [-0.15, -0.1) is 0 Å². The minimum atomic E-state index is -4.53. The number of carbonyl (C=O) groups excluding carboxylic acids is 1. The van der Waals surface area contributed by atoms with Crippen LogP contribution >= 0.6 is 0 Å². The van der Waals surface area contributed by atoms with Crippen LogP contribution in [0.5, 0.6) is 11.5 Å². The summed E-state index contributed by atoms with van der Waals surface area (Å²) in [4.78, 5) is 12.2. The van der Waals surface area contributed by atoms with E-state index in [0.717, 1.165) is 19.1 Å². The maximum absolute atomic E-state index is 13.1. The first-order valence-electron chi connectivity index (χ1n) is 10.4. The predicted molar refractivity (Wildman–Crippen MR) is 112 cm³/mol. The molecule has 4 nitrogen and oxygen atoms in total. The smallest absolute Gasteiger partial charge is 0.416 e. The number of hydrogen-bond acceptors (Lipinski definition) is 3. The predicted octanol–water partition coefficient (Wildman–Crippen LogP) is 6.24. The molecule has 1 amide bonds. The first-order chi connectivity index (χ1) is 15.3. The van der Waals surface area contributed by atoms with E-state index in [9.17, 15) is 31.1 Å². The van der Waals surface area contributed by atoms with E-state index in [1.165, 1.54) is 31.2 Å². The Morgan fingerprint density at radius 1 is 0.970 bits per heavy atom. The Labute approximate surface area is 188 Å². The van der Waals surface area contributed by atoms with E-state index < -0.39 is 35.9 Å². The highest BCUT2D eigenvalue weighted by molar-refractivity contribution is 5.76. The van der Waals surface area contributed by atoms with Crippen molar-refractivity contribution >= 4 is 5.91 Å². The highest BCUT2D eigenvalue weighted by atomic mass is 19.4. The SMILES string of the molecule is CCNC(=O)CC(NC(C)[C@H](C)C(F)(F)F)c1cccc(Oc2cccc(C(F)(F)F)c2)c1. The second-order valence-corrected chi connectivity index (χ2v) is 7.70. The van der Waals surface area contributed by atoms with E-state index >= 15 is 0 Å². The number of nitrogens with one attached hydrogen (secondary N) is 2. The standard InChI is InChI=1S/C23H26F6N2O2/c1-4-30-21(32)13-20(31-15(3)14(2)22(24,25)26)16-7-5-9-18(11-16)33-19-10-6-8-17(12-19)23(27,28)29/h5-12,14-15,20,31H,4,13H2,1-3H3,(H,30,32)/t14-,15?,20?/m0/s1. The number of ether oxygens (including phenoxy) is 1. The minimum Gasteiger partial charge on any atom is -0.457 e. The normalized spacial score (nSPS) is 14.9. The van der Waals surface area contributed by atoms with Gasteiger partial charge in [0.2, 0.25) is 5.91 Å². The highest BCUT2D eigenvalue weighted by Crippen LogP contribution is 2.34. The fourth-order valence-electron chi connectivity index (χ4n) is 3.14. The Hall–Kier alpha value is -2.75. The van der Waals surface area contributed by atoms with Crippen LogP contribution < -0.4 is 15.4 Å². The third kappa shape index (κ3) is 7.96. The van der Waals surface area contributed by atoms with Crippen molar-refractivity contribution in [3.8, 4) is 11.5 Å². The average Bonchev–Trinajstić information content (AvgIpc) is 2.72. The molecule has 3 atom stereocenters. The molecule has 2 N–H and O–H groups in total. The topological polar surface area (TPSA) is 50.4 Å². The fourth-order valence-corrected chi connectivity index (χ4v) is 3.14. The van der Waals surface area contributed by atoms with Gasteiger partial charge in [-0.3, -0.25) is 4.79 Å². The zero-order chi connectivity index (χ0) is 24.8. The molecule has 182 valence electrons. The molecule has 2 aromatic rings. The molecule has 0 radical (unpaired) electrons. The molecular formula is C23H26F6N2O2. The number of benzene rings is 2. The molecule has 0 spiro atoms. The van der Waals surface area contributed by atoms with Gasteiger partial charge in [0.25, 0.3) is 0 Å². The quantitative estimate of drug-likeness (QED) is 0.421. The Kier molecular flexibility index (Phi) is 8.76. The molecule has 0 aromatic heterocycles. The number of carbonyl (C=O) groups is 1. The molecule has 2 aromatic carbocycles. The molecule has 0 bridgehead atoms. The van der Waals surface area contributed by atoms with Crippen LogP contribution in [0.4, 0.5) is 26.3 Å². The van der Waals surface area contributed by atoms with Crippen LogP contribution in [0, 0.1) is 5.92 Å². The average molecular weight is 476 g/mol. The van der Waals surface area contributed by atoms with Gasteiger partial charge in [-0.05, 0) is 49.7 Å². The number of alkyl halides is 6. The molecule has 0 heterocycles. The Morgan fingerprint density at radius 2 is 1.58 bits per heavy atom. The zero-order valence-electron chi connectivity index (χ0n) is 18.3. The van der Waals surface area contributed by atoms with Crippen LogP contribution in [0.1, 0.15) is 44.4 Å². The highest BCUT2D eigenvalue weighted by Gasteiger charge is 2.40. The lowest BCUT2D eigenvalue weighted by molar-refractivity contribution is -0.176. The minimum absolute atomic E-state index is 0.0470. The molecular weight excluding hydrogens is 450 g/mol. The van der Waals surface area contributed by atoms with Crippen molar-refractivity contribution < 1.29 is 35.9 Å². The van der Waals surface area contributed by atoms with Crippen LogP contribution in [-0.4, -0.2) is 24.7 Å². The van der Waals surface area contributed by atoms with Crippen molar-refractivity contribution in [3.63, 3.8) is 0 Å². The van der Waals surface area contributed by atoms with E-state index in [1.807, 2.05) is 0 Å². The molecule has 33 heavy (non-hydrogen) atoms. The first-order valence-corrected chi connectivity index (χ1v) is 10.4. The number of hydrogen-bond donors (Lipinski definition) is 2. The molecule has 2 rings (SSSR count). The lowest BCUT2D eigenvalue weighted by Crippen LogP contribution is -2.42. The van der Waals surface area contributed by atoms with Gasteiger partial charge in [-0.25, -0.2) is 0 Å². The van der Waals surface area contributed by atoms with E-state index in [4.69, 9.17) is 4.74 Å². The van der Waals surface area contributed by atoms with Crippen LogP contribution in [-0.2, 0) is 11.0 Å². The Balaban J connectivity index is 2.29. The van der Waals surface area contributed by atoms with Crippen LogP contribution in [0.15, 0.2) is 48.5 Å². The first kappa shape index (κ1) is 26.5. The van der Waals surface area contributed by atoms with Gasteiger partial charge in [0, 0.05) is 25.0 Å². The molecule has 0 saturated heterocycles. The molecule has 0 aliphatic rings. The molecule has 0 aliphatic heterocycles. The summed E-state index contributed by atoms with van der Waals surface area (Å²) in [7, 11) is 0. The summed E-state index contributed by atoms with van der Waals surface area (Å²) in [6.45, 7) is 4.51. The summed E-state index contributed by atoms with van der Waals surface area (Å²) in [5.74, 6) is -1.88. The maximum Gasteiger partial charge on any atom is 0.416 e. The van der Waals surface area contributed by atoms with Crippen molar-refractivity contribution in [3.05, 3.63) is 59.7 Å². The van der Waals surface area contributed by atoms with Gasteiger partial charge in [0.15, 0.2) is 0 Å². The largest absolute Gasteiger partial charge is 0.457 e. The molecule has 0 saturated carbocycles. The summed E-state index contributed by atoms with van der Waals surface area (Å²) < 4.78 is 83.8. The number of amides is 1. The van der Waals surface area contributed by atoms with Crippen LogP contribution in [0.2, 0.25) is 0 Å². The summed E-state index contributed by atoms with van der Waals surface area (Å²) in [5, 5.41) is 5.48. The molecule has 0 aliphatic carbocycles. The third-order valence-corrected chi connectivity index (χ3v) is 5.15. The number of rotatable bonds is 9. The lowest BCUT2D eigenvalue weighted by Gasteiger charge is -2.29. The van der Waals surface area contributed by atoms with Gasteiger partial charge in [0.1, 0.15) is 11.5 Å². The van der Waals surface area contributed by atoms with E-state index in [-0.39, 0.29) is 23.8 Å². The monoisotopic (exact) mass is 476 g/mol. The van der Waals surface area contributed by atoms with Gasteiger partial charge in [-0.2, -0.15) is 26.3 Å². The maximum atomic E-state index is 13.1. The lowest BCUT2D eigenvalue weighted by atomic mass is 9.97. The van der Waals surface area contributed by atoms with Crippen molar-refractivity contribution in [1.29, 1.82) is 0 Å². The second-order valence-electron chi connectivity index (χ2n) is 7.70. The van der Waals surface area contributed by atoms with Gasteiger partial charge in [0.05, 0.1) is 11.5 Å². The summed E-state index contributed by atoms with van der Waals surface area (Å²) in [6, 6.07) is 8.73. The summed E-state index contributed by atoms with van der Waals surface area (Å²) in [5.41, 5.74) is -0.408. The van der Waals surface area contributed by atoms with E-state index in [0.29, 0.717) is 12.1 Å². The second kappa shape index (κ2) is 10.9. The molecule has 2 unspecified atom stereocenters. The van der Waals surface area contributed by atoms with E-state index in [2.05, 4.69) is 10.6 Å². The molecule has 0 fully saturated rings. The zero-order valence-corrected chi connectivity index (χ0v) is 18.3. The number of halogens is 6. The van der Waals surface area contributed by atoms with Crippen LogP contribution in [0.3, 0.4) is 0 Å². The van der Waals surface area contributed by atoms with Crippen molar-refractivity contribution in [1.82, 2.24) is 10.6 Å². The van der Waals surface area contributed by atoms with Crippen molar-refractivity contribution in [2.45, 2.75) is 51.6 Å². The van der Waals surface area contributed by atoms with Gasteiger partial charge >= 0.3 is 12.4 Å². The summed E-state index contributed by atoms with van der Waals surface area (Å²) >= 11 is 0.